The lowest BCUT2D eigenvalue weighted by molar-refractivity contribution is -0.111. The van der Waals surface area contributed by atoms with Crippen molar-refractivity contribution >= 4 is 17.7 Å². The standard InChI is InChI=1S/C23H28N2O/c1-25-18-6-5-9-22(25)16-14-19-10-12-20(13-11-19)15-17-23(26)24-21-7-3-2-4-8-21/h2-4,7-8,10-13,15,17,22H,5-6,9,14,16,18H2,1H3,(H,24,26). The fourth-order valence-corrected chi connectivity index (χ4v) is 3.51. The molecule has 0 aromatic heterocycles. The average molecular weight is 348 g/mol. The number of carbonyl (C=O) groups excluding carboxylic acids is 1. The molecule has 2 aromatic carbocycles. The molecular weight excluding hydrogens is 320 g/mol. The Hall–Kier alpha value is -2.39. The van der Waals surface area contributed by atoms with Crippen LogP contribution < -0.4 is 5.32 Å². The third-order valence-electron chi connectivity index (χ3n) is 5.14. The van der Waals surface area contributed by atoms with Crippen molar-refractivity contribution in [1.29, 1.82) is 0 Å². The first-order valence-electron chi connectivity index (χ1n) is 9.54. The molecule has 1 heterocycles. The summed E-state index contributed by atoms with van der Waals surface area (Å²) in [6.07, 6.45) is 9.82. The number of amides is 1. The molecule has 0 bridgehead atoms. The second-order valence-corrected chi connectivity index (χ2v) is 7.10. The molecule has 1 atom stereocenters. The van der Waals surface area contributed by atoms with Crippen LogP contribution >= 0.6 is 0 Å². The van der Waals surface area contributed by atoms with E-state index < -0.39 is 0 Å². The van der Waals surface area contributed by atoms with Gasteiger partial charge in [0.2, 0.25) is 5.91 Å². The molecule has 3 nitrogen and oxygen atoms in total. The van der Waals surface area contributed by atoms with Gasteiger partial charge in [0.05, 0.1) is 0 Å². The highest BCUT2D eigenvalue weighted by molar-refractivity contribution is 6.01. The number of piperidine rings is 1. The highest BCUT2D eigenvalue weighted by Gasteiger charge is 2.18. The number of hydrogen-bond donors (Lipinski definition) is 1. The molecule has 0 radical (unpaired) electrons. The summed E-state index contributed by atoms with van der Waals surface area (Å²) in [5.41, 5.74) is 3.23. The molecule has 0 spiro atoms. The van der Waals surface area contributed by atoms with Crippen LogP contribution in [0.4, 0.5) is 5.69 Å². The largest absolute Gasteiger partial charge is 0.323 e. The molecule has 1 N–H and O–H groups in total. The van der Waals surface area contributed by atoms with Crippen LogP contribution in [0.2, 0.25) is 0 Å². The molecule has 1 fully saturated rings. The van der Waals surface area contributed by atoms with Crippen LogP contribution in [0.25, 0.3) is 6.08 Å². The van der Waals surface area contributed by atoms with Crippen LogP contribution in [0.3, 0.4) is 0 Å². The van der Waals surface area contributed by atoms with Crippen molar-refractivity contribution in [2.45, 2.75) is 38.1 Å². The Kier molecular flexibility index (Phi) is 6.62. The molecule has 3 heteroatoms. The van der Waals surface area contributed by atoms with E-state index in [0.717, 1.165) is 23.7 Å². The number of nitrogens with one attached hydrogen (secondary N) is 1. The van der Waals surface area contributed by atoms with Crippen LogP contribution in [0.1, 0.15) is 36.8 Å². The fourth-order valence-electron chi connectivity index (χ4n) is 3.51. The maximum Gasteiger partial charge on any atom is 0.248 e. The molecule has 136 valence electrons. The lowest BCUT2D eigenvalue weighted by atomic mass is 9.96. The number of anilines is 1. The number of aryl methyl sites for hydroxylation is 1. The van der Waals surface area contributed by atoms with Gasteiger partial charge in [0, 0.05) is 17.8 Å². The van der Waals surface area contributed by atoms with Gasteiger partial charge in [-0.2, -0.15) is 0 Å². The zero-order chi connectivity index (χ0) is 18.2. The zero-order valence-corrected chi connectivity index (χ0v) is 15.5. The van der Waals surface area contributed by atoms with E-state index in [1.807, 2.05) is 36.4 Å². The number of benzene rings is 2. The first-order chi connectivity index (χ1) is 12.7. The lowest BCUT2D eigenvalue weighted by Gasteiger charge is -2.32. The van der Waals surface area contributed by atoms with Crippen LogP contribution in [-0.4, -0.2) is 30.4 Å². The number of rotatable bonds is 6. The maximum absolute atomic E-state index is 12.0. The van der Waals surface area contributed by atoms with Crippen molar-refractivity contribution in [2.75, 3.05) is 18.9 Å². The Bertz CT molecular complexity index is 722. The summed E-state index contributed by atoms with van der Waals surface area (Å²) in [4.78, 5) is 14.5. The van der Waals surface area contributed by atoms with Crippen LogP contribution in [-0.2, 0) is 11.2 Å². The number of nitrogens with zero attached hydrogens (tertiary/aromatic N) is 1. The van der Waals surface area contributed by atoms with E-state index in [9.17, 15) is 4.79 Å². The molecule has 1 aliphatic heterocycles. The van der Waals surface area contributed by atoms with Gasteiger partial charge in [0.1, 0.15) is 0 Å². The molecule has 0 aliphatic carbocycles. The summed E-state index contributed by atoms with van der Waals surface area (Å²) in [6.45, 7) is 1.24. The Morgan fingerprint density at radius 3 is 2.62 bits per heavy atom. The molecule has 3 rings (SSSR count). The van der Waals surface area contributed by atoms with E-state index >= 15 is 0 Å². The van der Waals surface area contributed by atoms with Crippen LogP contribution in [0.5, 0.6) is 0 Å². The zero-order valence-electron chi connectivity index (χ0n) is 15.5. The van der Waals surface area contributed by atoms with Gasteiger partial charge in [-0.05, 0) is 68.6 Å². The van der Waals surface area contributed by atoms with Crippen molar-refractivity contribution < 1.29 is 4.79 Å². The number of hydrogen-bond acceptors (Lipinski definition) is 2. The minimum Gasteiger partial charge on any atom is -0.323 e. The second kappa shape index (κ2) is 9.35. The molecule has 0 saturated carbocycles. The number of para-hydroxylation sites is 1. The van der Waals surface area contributed by atoms with Gasteiger partial charge in [0.15, 0.2) is 0 Å². The van der Waals surface area contributed by atoms with Gasteiger partial charge < -0.3 is 10.2 Å². The molecule has 1 amide bonds. The average Bonchev–Trinajstić information content (AvgIpc) is 2.67. The van der Waals surface area contributed by atoms with Gasteiger partial charge in [-0.3, -0.25) is 4.79 Å². The Morgan fingerprint density at radius 1 is 1.12 bits per heavy atom. The SMILES string of the molecule is CN1CCCCC1CCc1ccc(C=CC(=O)Nc2ccccc2)cc1. The molecule has 2 aromatic rings. The normalized spacial score (nSPS) is 18.1. The van der Waals surface area contributed by atoms with Gasteiger partial charge in [-0.1, -0.05) is 48.9 Å². The van der Waals surface area contributed by atoms with Crippen molar-refractivity contribution in [3.8, 4) is 0 Å². The fraction of sp³-hybridized carbons (Fsp3) is 0.348. The summed E-state index contributed by atoms with van der Waals surface area (Å²) in [5.74, 6) is -0.111. The smallest absolute Gasteiger partial charge is 0.248 e. The van der Waals surface area contributed by atoms with E-state index in [0.29, 0.717) is 0 Å². The highest BCUT2D eigenvalue weighted by atomic mass is 16.1. The monoisotopic (exact) mass is 348 g/mol. The third-order valence-corrected chi connectivity index (χ3v) is 5.14. The van der Waals surface area contributed by atoms with E-state index in [4.69, 9.17) is 0 Å². The van der Waals surface area contributed by atoms with E-state index in [1.54, 1.807) is 6.08 Å². The molecular formula is C23H28N2O. The summed E-state index contributed by atoms with van der Waals surface area (Å²) in [6, 6.07) is 18.8. The quantitative estimate of drug-likeness (QED) is 0.764. The minimum atomic E-state index is -0.111. The predicted molar refractivity (Wildman–Crippen MR) is 109 cm³/mol. The first kappa shape index (κ1) is 18.4. The molecule has 1 saturated heterocycles. The van der Waals surface area contributed by atoms with Crippen molar-refractivity contribution in [1.82, 2.24) is 4.90 Å². The Balaban J connectivity index is 1.48. The minimum absolute atomic E-state index is 0.111. The van der Waals surface area contributed by atoms with Gasteiger partial charge in [0.25, 0.3) is 0 Å². The molecule has 1 unspecified atom stereocenters. The van der Waals surface area contributed by atoms with Gasteiger partial charge in [-0.25, -0.2) is 0 Å². The topological polar surface area (TPSA) is 32.3 Å². The summed E-state index contributed by atoms with van der Waals surface area (Å²) < 4.78 is 0. The van der Waals surface area contributed by atoms with Gasteiger partial charge in [-0.15, -0.1) is 0 Å². The predicted octanol–water partition coefficient (Wildman–Crippen LogP) is 4.76. The Labute approximate surface area is 156 Å². The third kappa shape index (κ3) is 5.57. The van der Waals surface area contributed by atoms with Crippen molar-refractivity contribution in [2.24, 2.45) is 0 Å². The highest BCUT2D eigenvalue weighted by Crippen LogP contribution is 2.20. The summed E-state index contributed by atoms with van der Waals surface area (Å²) in [5, 5.41) is 2.85. The van der Waals surface area contributed by atoms with E-state index in [-0.39, 0.29) is 5.91 Å². The van der Waals surface area contributed by atoms with E-state index in [2.05, 4.69) is 41.5 Å². The molecule has 1 aliphatic rings. The summed E-state index contributed by atoms with van der Waals surface area (Å²) >= 11 is 0. The lowest BCUT2D eigenvalue weighted by Crippen LogP contribution is -2.36. The van der Waals surface area contributed by atoms with Gasteiger partial charge >= 0.3 is 0 Å². The summed E-state index contributed by atoms with van der Waals surface area (Å²) in [7, 11) is 2.25. The Morgan fingerprint density at radius 2 is 1.88 bits per heavy atom. The number of carbonyl (C=O) groups is 1. The number of likely N-dealkylation sites (tertiary alicyclic amines) is 1. The van der Waals surface area contributed by atoms with Crippen molar-refractivity contribution in [3.63, 3.8) is 0 Å². The van der Waals surface area contributed by atoms with Crippen molar-refractivity contribution in [3.05, 3.63) is 71.8 Å². The molecule has 26 heavy (non-hydrogen) atoms. The van der Waals surface area contributed by atoms with E-state index in [1.165, 1.54) is 37.8 Å². The first-order valence-corrected chi connectivity index (χ1v) is 9.54. The maximum atomic E-state index is 12.0. The second-order valence-electron chi connectivity index (χ2n) is 7.10. The van der Waals surface area contributed by atoms with Crippen LogP contribution in [0, 0.1) is 0 Å². The van der Waals surface area contributed by atoms with Crippen LogP contribution in [0.15, 0.2) is 60.7 Å².